The zero-order chi connectivity index (χ0) is 12.7. The van der Waals surface area contributed by atoms with Crippen molar-refractivity contribution in [1.29, 1.82) is 0 Å². The van der Waals surface area contributed by atoms with E-state index in [1.54, 1.807) is 11.3 Å². The molecule has 5 heteroatoms. The predicted molar refractivity (Wildman–Crippen MR) is 71.3 cm³/mol. The van der Waals surface area contributed by atoms with E-state index in [0.29, 0.717) is 6.42 Å². The highest BCUT2D eigenvalue weighted by molar-refractivity contribution is 7.09. The monoisotopic (exact) mass is 255 g/mol. The van der Waals surface area contributed by atoms with Gasteiger partial charge in [0.25, 0.3) is 0 Å². The van der Waals surface area contributed by atoms with E-state index in [9.17, 15) is 4.79 Å². The van der Waals surface area contributed by atoms with Crippen molar-refractivity contribution in [2.75, 3.05) is 13.1 Å². The summed E-state index contributed by atoms with van der Waals surface area (Å²) in [4.78, 5) is 16.9. The Labute approximate surface area is 107 Å². The van der Waals surface area contributed by atoms with Crippen LogP contribution >= 0.6 is 11.3 Å². The molecule has 1 heterocycles. The molecule has 1 aromatic rings. The minimum Gasteiger partial charge on any atom is -0.354 e. The highest BCUT2D eigenvalue weighted by Gasteiger charge is 2.03. The molecule has 1 rings (SSSR count). The van der Waals surface area contributed by atoms with E-state index in [0.717, 1.165) is 25.2 Å². The normalized spacial score (nSPS) is 10.8. The largest absolute Gasteiger partial charge is 0.354 e. The summed E-state index contributed by atoms with van der Waals surface area (Å²) >= 11 is 1.69. The summed E-state index contributed by atoms with van der Waals surface area (Å²) < 4.78 is 0. The zero-order valence-electron chi connectivity index (χ0n) is 10.7. The van der Waals surface area contributed by atoms with Crippen LogP contribution in [0.3, 0.4) is 0 Å². The SMILES string of the molecule is Cc1ncsc1CCNCCC(=O)NC(C)C. The molecule has 0 aliphatic heterocycles. The Morgan fingerprint density at radius 3 is 2.82 bits per heavy atom. The number of aryl methyl sites for hydroxylation is 1. The molecule has 0 aliphatic carbocycles. The Kier molecular flexibility index (Phi) is 6.15. The summed E-state index contributed by atoms with van der Waals surface area (Å²) in [6.07, 6.45) is 1.53. The van der Waals surface area contributed by atoms with E-state index in [2.05, 4.69) is 15.6 Å². The summed E-state index contributed by atoms with van der Waals surface area (Å²) in [6, 6.07) is 0.224. The van der Waals surface area contributed by atoms with Crippen molar-refractivity contribution in [2.24, 2.45) is 0 Å². The van der Waals surface area contributed by atoms with Crippen molar-refractivity contribution in [3.05, 3.63) is 16.1 Å². The van der Waals surface area contributed by atoms with Crippen molar-refractivity contribution in [3.8, 4) is 0 Å². The van der Waals surface area contributed by atoms with Crippen LogP contribution in [-0.2, 0) is 11.2 Å². The van der Waals surface area contributed by atoms with E-state index < -0.39 is 0 Å². The van der Waals surface area contributed by atoms with Crippen molar-refractivity contribution >= 4 is 17.2 Å². The lowest BCUT2D eigenvalue weighted by atomic mass is 10.3. The molecule has 96 valence electrons. The first kappa shape index (κ1) is 14.1. The number of nitrogens with zero attached hydrogens (tertiary/aromatic N) is 1. The summed E-state index contributed by atoms with van der Waals surface area (Å²) in [5.41, 5.74) is 3.00. The highest BCUT2D eigenvalue weighted by Crippen LogP contribution is 2.11. The van der Waals surface area contributed by atoms with E-state index in [1.165, 1.54) is 4.88 Å². The predicted octanol–water partition coefficient (Wildman–Crippen LogP) is 1.50. The maximum absolute atomic E-state index is 11.3. The molecule has 0 unspecified atom stereocenters. The summed E-state index contributed by atoms with van der Waals surface area (Å²) in [6.45, 7) is 7.60. The second kappa shape index (κ2) is 7.40. The molecule has 0 radical (unpaired) electrons. The molecule has 0 spiro atoms. The highest BCUT2D eigenvalue weighted by atomic mass is 32.1. The second-order valence-corrected chi connectivity index (χ2v) is 5.27. The van der Waals surface area contributed by atoms with Gasteiger partial charge in [-0.2, -0.15) is 0 Å². The first-order chi connectivity index (χ1) is 8.09. The van der Waals surface area contributed by atoms with Gasteiger partial charge in [0.1, 0.15) is 0 Å². The summed E-state index contributed by atoms with van der Waals surface area (Å²) in [7, 11) is 0. The lowest BCUT2D eigenvalue weighted by molar-refractivity contribution is -0.121. The Bertz CT molecular complexity index is 349. The van der Waals surface area contributed by atoms with Crippen LogP contribution < -0.4 is 10.6 Å². The molecule has 0 aromatic carbocycles. The minimum atomic E-state index is 0.112. The number of carbonyl (C=O) groups excluding carboxylic acids is 1. The third kappa shape index (κ3) is 5.79. The van der Waals surface area contributed by atoms with Crippen molar-refractivity contribution in [2.45, 2.75) is 39.7 Å². The third-order valence-electron chi connectivity index (χ3n) is 2.35. The minimum absolute atomic E-state index is 0.112. The molecule has 0 atom stereocenters. The summed E-state index contributed by atoms with van der Waals surface area (Å²) in [5, 5.41) is 6.14. The van der Waals surface area contributed by atoms with E-state index >= 15 is 0 Å². The standard InChI is InChI=1S/C12H21N3OS/c1-9(2)15-12(16)5-7-13-6-4-11-10(3)14-8-17-11/h8-9,13H,4-7H2,1-3H3,(H,15,16). The number of nitrogens with one attached hydrogen (secondary N) is 2. The Hall–Kier alpha value is -0.940. The van der Waals surface area contributed by atoms with Crippen LogP contribution in [0.25, 0.3) is 0 Å². The van der Waals surface area contributed by atoms with Gasteiger partial charge in [-0.25, -0.2) is 4.98 Å². The van der Waals surface area contributed by atoms with Gasteiger partial charge in [0.2, 0.25) is 5.91 Å². The molecular weight excluding hydrogens is 234 g/mol. The van der Waals surface area contributed by atoms with Gasteiger partial charge in [-0.15, -0.1) is 11.3 Å². The number of carbonyl (C=O) groups is 1. The average molecular weight is 255 g/mol. The Morgan fingerprint density at radius 1 is 1.47 bits per heavy atom. The molecule has 1 amide bonds. The first-order valence-corrected chi connectivity index (χ1v) is 6.86. The fourth-order valence-corrected chi connectivity index (χ4v) is 2.27. The van der Waals surface area contributed by atoms with Gasteiger partial charge < -0.3 is 10.6 Å². The Morgan fingerprint density at radius 2 is 2.24 bits per heavy atom. The molecule has 17 heavy (non-hydrogen) atoms. The van der Waals surface area contributed by atoms with Crippen LogP contribution in [0.15, 0.2) is 5.51 Å². The molecule has 0 aliphatic rings. The van der Waals surface area contributed by atoms with Crippen molar-refractivity contribution in [3.63, 3.8) is 0 Å². The quantitative estimate of drug-likeness (QED) is 0.726. The number of thiazole rings is 1. The molecule has 2 N–H and O–H groups in total. The summed E-state index contributed by atoms with van der Waals surface area (Å²) in [5.74, 6) is 0.112. The van der Waals surface area contributed by atoms with Crippen LogP contribution in [0, 0.1) is 6.92 Å². The smallest absolute Gasteiger partial charge is 0.221 e. The molecule has 0 saturated carbocycles. The second-order valence-electron chi connectivity index (χ2n) is 4.33. The van der Waals surface area contributed by atoms with Gasteiger partial charge in [-0.05, 0) is 27.2 Å². The fraction of sp³-hybridized carbons (Fsp3) is 0.667. The molecule has 4 nitrogen and oxygen atoms in total. The van der Waals surface area contributed by atoms with Crippen LogP contribution in [0.5, 0.6) is 0 Å². The van der Waals surface area contributed by atoms with Crippen molar-refractivity contribution < 1.29 is 4.79 Å². The third-order valence-corrected chi connectivity index (χ3v) is 3.35. The molecule has 0 fully saturated rings. The lowest BCUT2D eigenvalue weighted by Crippen LogP contribution is -2.32. The van der Waals surface area contributed by atoms with E-state index in [1.807, 2.05) is 26.3 Å². The van der Waals surface area contributed by atoms with E-state index in [4.69, 9.17) is 0 Å². The van der Waals surface area contributed by atoms with Gasteiger partial charge in [0, 0.05) is 30.4 Å². The molecular formula is C12H21N3OS. The zero-order valence-corrected chi connectivity index (χ0v) is 11.6. The van der Waals surface area contributed by atoms with Crippen molar-refractivity contribution in [1.82, 2.24) is 15.6 Å². The van der Waals surface area contributed by atoms with Gasteiger partial charge in [0.05, 0.1) is 11.2 Å². The van der Waals surface area contributed by atoms with Gasteiger partial charge >= 0.3 is 0 Å². The number of amides is 1. The van der Waals surface area contributed by atoms with Gasteiger partial charge in [0.15, 0.2) is 0 Å². The van der Waals surface area contributed by atoms with E-state index in [-0.39, 0.29) is 11.9 Å². The maximum Gasteiger partial charge on any atom is 0.221 e. The number of hydrogen-bond acceptors (Lipinski definition) is 4. The van der Waals surface area contributed by atoms with Gasteiger partial charge in [-0.1, -0.05) is 0 Å². The topological polar surface area (TPSA) is 54.0 Å². The van der Waals surface area contributed by atoms with Crippen LogP contribution in [0.2, 0.25) is 0 Å². The number of aromatic nitrogens is 1. The Balaban J connectivity index is 2.05. The fourth-order valence-electron chi connectivity index (χ4n) is 1.49. The molecule has 0 saturated heterocycles. The maximum atomic E-state index is 11.3. The van der Waals surface area contributed by atoms with Crippen LogP contribution in [0.4, 0.5) is 0 Å². The number of rotatable bonds is 7. The number of hydrogen-bond donors (Lipinski definition) is 2. The molecule has 0 bridgehead atoms. The molecule has 1 aromatic heterocycles. The first-order valence-electron chi connectivity index (χ1n) is 5.98. The van der Waals surface area contributed by atoms with Gasteiger partial charge in [-0.3, -0.25) is 4.79 Å². The van der Waals surface area contributed by atoms with Crippen LogP contribution in [0.1, 0.15) is 30.8 Å². The lowest BCUT2D eigenvalue weighted by Gasteiger charge is -2.08. The average Bonchev–Trinajstić information content (AvgIpc) is 2.63. The van der Waals surface area contributed by atoms with Crippen LogP contribution in [-0.4, -0.2) is 30.0 Å².